The molecule has 3 aliphatic carbocycles. The molecule has 0 saturated heterocycles. The minimum Gasteiger partial charge on any atom is -0.314 e. The molecular formula is C17H23N. The minimum atomic E-state index is 0.488. The van der Waals surface area contributed by atoms with Crippen molar-refractivity contribution in [1.29, 1.82) is 0 Å². The molecule has 1 heteroatoms. The standard InChI is InChI=1S/C17H23N/c1-16(2)15(11-18-13-7-8-13)17(16)10-9-12-5-3-4-6-14(12)17/h3-6,13,15,18H,7-11H2,1-2H3. The van der Waals surface area contributed by atoms with E-state index in [1.165, 1.54) is 32.2 Å². The number of benzene rings is 1. The van der Waals surface area contributed by atoms with Crippen molar-refractivity contribution in [1.82, 2.24) is 5.32 Å². The Morgan fingerprint density at radius 1 is 1.22 bits per heavy atom. The molecule has 1 aromatic rings. The van der Waals surface area contributed by atoms with Crippen molar-refractivity contribution >= 4 is 0 Å². The van der Waals surface area contributed by atoms with E-state index >= 15 is 0 Å². The molecule has 0 heterocycles. The largest absolute Gasteiger partial charge is 0.314 e. The first-order chi connectivity index (χ1) is 8.66. The van der Waals surface area contributed by atoms with Gasteiger partial charge in [0.15, 0.2) is 0 Å². The lowest BCUT2D eigenvalue weighted by Gasteiger charge is -2.15. The summed E-state index contributed by atoms with van der Waals surface area (Å²) in [6.45, 7) is 6.19. The van der Waals surface area contributed by atoms with E-state index < -0.39 is 0 Å². The molecule has 2 atom stereocenters. The Labute approximate surface area is 110 Å². The molecule has 4 rings (SSSR count). The smallest absolute Gasteiger partial charge is 0.00683 e. The van der Waals surface area contributed by atoms with Gasteiger partial charge in [0, 0.05) is 11.5 Å². The maximum absolute atomic E-state index is 3.76. The highest BCUT2D eigenvalue weighted by Crippen LogP contribution is 2.73. The summed E-state index contributed by atoms with van der Waals surface area (Å²) in [4.78, 5) is 0. The SMILES string of the molecule is CC1(C)C(CNC2CC2)C12CCc1ccccc12. The molecule has 0 amide bonds. The molecule has 0 aliphatic heterocycles. The summed E-state index contributed by atoms with van der Waals surface area (Å²) in [6, 6.07) is 10.00. The van der Waals surface area contributed by atoms with E-state index in [2.05, 4.69) is 43.4 Å². The van der Waals surface area contributed by atoms with Crippen molar-refractivity contribution in [3.63, 3.8) is 0 Å². The molecule has 1 N–H and O–H groups in total. The fourth-order valence-corrected chi connectivity index (χ4v) is 4.64. The molecular weight excluding hydrogens is 218 g/mol. The predicted molar refractivity (Wildman–Crippen MR) is 74.7 cm³/mol. The number of aryl methyl sites for hydroxylation is 1. The fraction of sp³-hybridized carbons (Fsp3) is 0.647. The molecule has 3 aliphatic rings. The van der Waals surface area contributed by atoms with Crippen LogP contribution in [0.1, 0.15) is 44.2 Å². The third-order valence-corrected chi connectivity index (χ3v) is 6.01. The van der Waals surface area contributed by atoms with Gasteiger partial charge in [0.25, 0.3) is 0 Å². The second-order valence-electron chi connectivity index (χ2n) is 7.09. The number of hydrogen-bond donors (Lipinski definition) is 1. The summed E-state index contributed by atoms with van der Waals surface area (Å²) in [5.41, 5.74) is 4.25. The Morgan fingerprint density at radius 3 is 2.78 bits per heavy atom. The van der Waals surface area contributed by atoms with Crippen LogP contribution in [-0.2, 0) is 11.8 Å². The Hall–Kier alpha value is -0.820. The minimum absolute atomic E-state index is 0.488. The first-order valence-electron chi connectivity index (χ1n) is 7.48. The topological polar surface area (TPSA) is 12.0 Å². The highest BCUT2D eigenvalue weighted by molar-refractivity contribution is 5.49. The van der Waals surface area contributed by atoms with Crippen LogP contribution < -0.4 is 5.32 Å². The van der Waals surface area contributed by atoms with Crippen molar-refractivity contribution in [2.75, 3.05) is 6.54 Å². The van der Waals surface area contributed by atoms with Gasteiger partial charge in [-0.2, -0.15) is 0 Å². The van der Waals surface area contributed by atoms with Gasteiger partial charge in [-0.1, -0.05) is 38.1 Å². The lowest BCUT2D eigenvalue weighted by atomic mass is 9.89. The summed E-state index contributed by atoms with van der Waals surface area (Å²) >= 11 is 0. The average molecular weight is 241 g/mol. The van der Waals surface area contributed by atoms with Crippen LogP contribution in [0.2, 0.25) is 0 Å². The number of nitrogens with one attached hydrogen (secondary N) is 1. The Bertz CT molecular complexity index is 486. The predicted octanol–water partition coefficient (Wildman–Crippen LogP) is 3.28. The van der Waals surface area contributed by atoms with Gasteiger partial charge in [-0.15, -0.1) is 0 Å². The van der Waals surface area contributed by atoms with E-state index in [0.717, 1.165) is 12.0 Å². The lowest BCUT2D eigenvalue weighted by Crippen LogP contribution is -2.22. The van der Waals surface area contributed by atoms with Crippen LogP contribution in [0, 0.1) is 11.3 Å². The van der Waals surface area contributed by atoms with E-state index in [1.807, 2.05) is 0 Å². The zero-order valence-corrected chi connectivity index (χ0v) is 11.5. The maximum Gasteiger partial charge on any atom is 0.00683 e. The van der Waals surface area contributed by atoms with E-state index in [0.29, 0.717) is 10.8 Å². The fourth-order valence-electron chi connectivity index (χ4n) is 4.64. The van der Waals surface area contributed by atoms with Gasteiger partial charge in [0.2, 0.25) is 0 Å². The van der Waals surface area contributed by atoms with Gasteiger partial charge in [-0.05, 0) is 54.7 Å². The number of rotatable bonds is 3. The lowest BCUT2D eigenvalue weighted by molar-refractivity contribution is 0.489. The Balaban J connectivity index is 1.64. The first kappa shape index (κ1) is 11.0. The van der Waals surface area contributed by atoms with Crippen molar-refractivity contribution in [2.24, 2.45) is 11.3 Å². The van der Waals surface area contributed by atoms with Gasteiger partial charge >= 0.3 is 0 Å². The van der Waals surface area contributed by atoms with Crippen molar-refractivity contribution < 1.29 is 0 Å². The molecule has 0 radical (unpaired) electrons. The molecule has 2 saturated carbocycles. The highest BCUT2D eigenvalue weighted by atomic mass is 15.0. The van der Waals surface area contributed by atoms with E-state index in [4.69, 9.17) is 0 Å². The van der Waals surface area contributed by atoms with E-state index in [-0.39, 0.29) is 0 Å². The first-order valence-corrected chi connectivity index (χ1v) is 7.48. The quantitative estimate of drug-likeness (QED) is 0.856. The van der Waals surface area contributed by atoms with Crippen LogP contribution in [0.4, 0.5) is 0 Å². The number of fused-ring (bicyclic) bond motifs is 2. The van der Waals surface area contributed by atoms with Crippen LogP contribution in [0.5, 0.6) is 0 Å². The summed E-state index contributed by atoms with van der Waals surface area (Å²) < 4.78 is 0. The van der Waals surface area contributed by atoms with Crippen LogP contribution >= 0.6 is 0 Å². The molecule has 2 fully saturated rings. The molecule has 1 aromatic carbocycles. The molecule has 0 bridgehead atoms. The van der Waals surface area contributed by atoms with Gasteiger partial charge in [0.05, 0.1) is 0 Å². The van der Waals surface area contributed by atoms with Crippen LogP contribution in [-0.4, -0.2) is 12.6 Å². The van der Waals surface area contributed by atoms with Crippen molar-refractivity contribution in [3.05, 3.63) is 35.4 Å². The maximum atomic E-state index is 3.76. The zero-order valence-electron chi connectivity index (χ0n) is 11.5. The summed E-state index contributed by atoms with van der Waals surface area (Å²) in [7, 11) is 0. The molecule has 96 valence electrons. The van der Waals surface area contributed by atoms with Gasteiger partial charge in [-0.25, -0.2) is 0 Å². The van der Waals surface area contributed by atoms with E-state index in [1.54, 1.807) is 11.1 Å². The molecule has 18 heavy (non-hydrogen) atoms. The molecule has 2 unspecified atom stereocenters. The number of hydrogen-bond acceptors (Lipinski definition) is 1. The average Bonchev–Trinajstić information content (AvgIpc) is 3.19. The molecule has 1 spiro atoms. The molecule has 0 aromatic heterocycles. The normalized spacial score (nSPS) is 35.8. The summed E-state index contributed by atoms with van der Waals surface area (Å²) in [5.74, 6) is 0.842. The highest BCUT2D eigenvalue weighted by Gasteiger charge is 2.72. The zero-order chi connectivity index (χ0) is 12.4. The Morgan fingerprint density at radius 2 is 2.00 bits per heavy atom. The summed E-state index contributed by atoms with van der Waals surface area (Å²) in [6.07, 6.45) is 5.46. The van der Waals surface area contributed by atoms with Gasteiger partial charge < -0.3 is 5.32 Å². The molecule has 1 nitrogen and oxygen atoms in total. The Kier molecular flexibility index (Phi) is 2.08. The van der Waals surface area contributed by atoms with E-state index in [9.17, 15) is 0 Å². The van der Waals surface area contributed by atoms with Crippen molar-refractivity contribution in [2.45, 2.75) is 51.0 Å². The second kappa shape index (κ2) is 3.39. The van der Waals surface area contributed by atoms with Crippen LogP contribution in [0.15, 0.2) is 24.3 Å². The summed E-state index contributed by atoms with van der Waals surface area (Å²) in [5, 5.41) is 3.76. The second-order valence-corrected chi connectivity index (χ2v) is 7.09. The van der Waals surface area contributed by atoms with Crippen molar-refractivity contribution in [3.8, 4) is 0 Å². The van der Waals surface area contributed by atoms with Crippen LogP contribution in [0.3, 0.4) is 0 Å². The van der Waals surface area contributed by atoms with Crippen LogP contribution in [0.25, 0.3) is 0 Å². The monoisotopic (exact) mass is 241 g/mol. The third kappa shape index (κ3) is 1.26. The third-order valence-electron chi connectivity index (χ3n) is 6.01. The van der Waals surface area contributed by atoms with Gasteiger partial charge in [0.1, 0.15) is 0 Å². The van der Waals surface area contributed by atoms with Gasteiger partial charge in [-0.3, -0.25) is 0 Å².